The number of nitrogens with zero attached hydrogens (tertiary/aromatic N) is 2. The minimum Gasteiger partial charge on any atom is -0.385 e. The molecular weight excluding hydrogens is 418 g/mol. The van der Waals surface area contributed by atoms with Gasteiger partial charge in [0, 0.05) is 57.8 Å². The lowest BCUT2D eigenvalue weighted by Crippen LogP contribution is -2.47. The second-order valence-corrected chi connectivity index (χ2v) is 11.5. The Balaban J connectivity index is 0.00000363. The maximum absolute atomic E-state index is 5.21. The summed E-state index contributed by atoms with van der Waals surface area (Å²) < 4.78 is 5.21. The minimum atomic E-state index is 0. The van der Waals surface area contributed by atoms with Gasteiger partial charge in [0.15, 0.2) is 0 Å². The first-order valence-electron chi connectivity index (χ1n) is 12.6. The maximum Gasteiger partial charge on any atom is 0.0479 e. The van der Waals surface area contributed by atoms with Gasteiger partial charge in [0.25, 0.3) is 0 Å². The molecule has 0 spiro atoms. The van der Waals surface area contributed by atoms with Crippen LogP contribution in [0.25, 0.3) is 0 Å². The van der Waals surface area contributed by atoms with Crippen LogP contribution in [-0.4, -0.2) is 57.9 Å². The summed E-state index contributed by atoms with van der Waals surface area (Å²) in [7, 11) is 1.78. The van der Waals surface area contributed by atoms with E-state index in [0.717, 1.165) is 32.7 Å². The van der Waals surface area contributed by atoms with Gasteiger partial charge in [0.05, 0.1) is 0 Å². The van der Waals surface area contributed by atoms with Crippen molar-refractivity contribution in [2.45, 2.75) is 72.6 Å². The summed E-state index contributed by atoms with van der Waals surface area (Å²) in [6.45, 7) is 19.8. The van der Waals surface area contributed by atoms with E-state index in [9.17, 15) is 0 Å². The first-order valence-corrected chi connectivity index (χ1v) is 12.6. The van der Waals surface area contributed by atoms with Crippen molar-refractivity contribution in [1.29, 1.82) is 0 Å². The van der Waals surface area contributed by atoms with Crippen molar-refractivity contribution in [3.8, 4) is 0 Å². The van der Waals surface area contributed by atoms with Gasteiger partial charge in [-0.2, -0.15) is 0 Å². The minimum absolute atomic E-state index is 0. The van der Waals surface area contributed by atoms with Crippen molar-refractivity contribution in [2.24, 2.45) is 10.8 Å². The zero-order valence-electron chi connectivity index (χ0n) is 21.5. The highest BCUT2D eigenvalue weighted by Crippen LogP contribution is 2.53. The van der Waals surface area contributed by atoms with E-state index in [1.165, 1.54) is 56.7 Å². The van der Waals surface area contributed by atoms with Crippen LogP contribution in [0.3, 0.4) is 0 Å². The molecule has 2 aliphatic rings. The molecule has 1 saturated heterocycles. The van der Waals surface area contributed by atoms with Gasteiger partial charge in [0.1, 0.15) is 0 Å². The number of ether oxygens (including phenoxy) is 1. The molecule has 2 fully saturated rings. The molecule has 1 aromatic rings. The maximum atomic E-state index is 5.21. The molecule has 0 radical (unpaired) electrons. The highest BCUT2D eigenvalue weighted by Gasteiger charge is 2.40. The Morgan fingerprint density at radius 1 is 1.03 bits per heavy atom. The smallest absolute Gasteiger partial charge is 0.0479 e. The Morgan fingerprint density at radius 3 is 2.28 bits per heavy atom. The van der Waals surface area contributed by atoms with Crippen LogP contribution >= 0.6 is 12.4 Å². The van der Waals surface area contributed by atoms with Crippen LogP contribution in [0.5, 0.6) is 0 Å². The molecule has 32 heavy (non-hydrogen) atoms. The summed E-state index contributed by atoms with van der Waals surface area (Å²) in [5.41, 5.74) is 5.11. The van der Waals surface area contributed by atoms with Crippen molar-refractivity contribution in [3.63, 3.8) is 0 Å². The highest BCUT2D eigenvalue weighted by molar-refractivity contribution is 5.85. The standard InChI is InChI=1S/C27H47N3O.ClH/c1-7-12-29-13-15-30(16-14-29)25-18-23(28-11-8-17-31-6)9-10-24(25)22-19-26(2,3)21-27(4,5)20-22;/h9-10,18,22,28H,7-8,11-17,19-21H2,1-6H3;1H. The number of anilines is 2. The monoisotopic (exact) mass is 465 g/mol. The second kappa shape index (κ2) is 11.9. The van der Waals surface area contributed by atoms with Gasteiger partial charge in [-0.3, -0.25) is 4.90 Å². The van der Waals surface area contributed by atoms with Crippen LogP contribution in [0, 0.1) is 10.8 Å². The SMILES string of the molecule is CCCN1CCN(c2cc(NCCCOC)ccc2C2CC(C)(C)CC(C)(C)C2)CC1.Cl. The van der Waals surface area contributed by atoms with Crippen LogP contribution < -0.4 is 10.2 Å². The first kappa shape index (κ1) is 27.3. The van der Waals surface area contributed by atoms with E-state index in [4.69, 9.17) is 4.74 Å². The Hall–Kier alpha value is -0.970. The summed E-state index contributed by atoms with van der Waals surface area (Å²) in [4.78, 5) is 5.28. The third-order valence-corrected chi connectivity index (χ3v) is 7.13. The van der Waals surface area contributed by atoms with Gasteiger partial charge in [-0.05, 0) is 73.1 Å². The Kier molecular flexibility index (Phi) is 10.2. The molecule has 1 aliphatic heterocycles. The van der Waals surface area contributed by atoms with Gasteiger partial charge < -0.3 is 15.0 Å². The van der Waals surface area contributed by atoms with E-state index < -0.39 is 0 Å². The lowest BCUT2D eigenvalue weighted by atomic mass is 9.60. The molecule has 1 aromatic carbocycles. The molecule has 5 heteroatoms. The predicted octanol–water partition coefficient (Wildman–Crippen LogP) is 6.41. The Labute approximate surface area is 203 Å². The topological polar surface area (TPSA) is 27.7 Å². The molecule has 3 rings (SSSR count). The molecule has 0 atom stereocenters. The molecule has 1 aliphatic carbocycles. The van der Waals surface area contributed by atoms with E-state index in [1.807, 2.05) is 0 Å². The number of rotatable bonds is 9. The lowest BCUT2D eigenvalue weighted by molar-refractivity contribution is 0.0970. The average Bonchev–Trinajstić information content (AvgIpc) is 2.70. The van der Waals surface area contributed by atoms with E-state index in [1.54, 1.807) is 12.7 Å². The fraction of sp³-hybridized carbons (Fsp3) is 0.778. The lowest BCUT2D eigenvalue weighted by Gasteiger charge is -2.46. The summed E-state index contributed by atoms with van der Waals surface area (Å²) in [6, 6.07) is 7.19. The van der Waals surface area contributed by atoms with Gasteiger partial charge >= 0.3 is 0 Å². The number of hydrogen-bond donors (Lipinski definition) is 1. The summed E-state index contributed by atoms with van der Waals surface area (Å²) in [5.74, 6) is 0.643. The second-order valence-electron chi connectivity index (χ2n) is 11.5. The predicted molar refractivity (Wildman–Crippen MR) is 142 cm³/mol. The van der Waals surface area contributed by atoms with Crippen molar-refractivity contribution >= 4 is 23.8 Å². The number of piperazine rings is 1. The van der Waals surface area contributed by atoms with Crippen LogP contribution in [0.15, 0.2) is 18.2 Å². The fourth-order valence-electron chi connectivity index (χ4n) is 6.32. The molecule has 1 N–H and O–H groups in total. The third-order valence-electron chi connectivity index (χ3n) is 7.13. The number of hydrogen-bond acceptors (Lipinski definition) is 4. The fourth-order valence-corrected chi connectivity index (χ4v) is 6.32. The van der Waals surface area contributed by atoms with Crippen LogP contribution in [0.1, 0.15) is 78.2 Å². The van der Waals surface area contributed by atoms with Crippen molar-refractivity contribution in [1.82, 2.24) is 4.90 Å². The summed E-state index contributed by atoms with van der Waals surface area (Å²) in [5, 5.41) is 3.63. The first-order chi connectivity index (χ1) is 14.7. The largest absolute Gasteiger partial charge is 0.385 e. The zero-order valence-corrected chi connectivity index (χ0v) is 22.3. The summed E-state index contributed by atoms with van der Waals surface area (Å²) in [6.07, 6.45) is 6.19. The highest BCUT2D eigenvalue weighted by atomic mass is 35.5. The summed E-state index contributed by atoms with van der Waals surface area (Å²) >= 11 is 0. The molecule has 1 heterocycles. The molecule has 0 bridgehead atoms. The van der Waals surface area contributed by atoms with Gasteiger partial charge in [-0.15, -0.1) is 12.4 Å². The molecule has 4 nitrogen and oxygen atoms in total. The van der Waals surface area contributed by atoms with E-state index in [-0.39, 0.29) is 12.4 Å². The van der Waals surface area contributed by atoms with E-state index in [0.29, 0.717) is 16.7 Å². The van der Waals surface area contributed by atoms with Crippen molar-refractivity contribution in [3.05, 3.63) is 23.8 Å². The molecule has 0 unspecified atom stereocenters. The third kappa shape index (κ3) is 7.53. The van der Waals surface area contributed by atoms with Crippen LogP contribution in [0.2, 0.25) is 0 Å². The van der Waals surface area contributed by atoms with E-state index >= 15 is 0 Å². The molecule has 184 valence electrons. The average molecular weight is 466 g/mol. The number of benzene rings is 1. The number of methoxy groups -OCH3 is 1. The molecule has 0 amide bonds. The van der Waals surface area contributed by atoms with Gasteiger partial charge in [0.2, 0.25) is 0 Å². The molecular formula is C27H48ClN3O. The van der Waals surface area contributed by atoms with Crippen LogP contribution in [0.4, 0.5) is 11.4 Å². The quantitative estimate of drug-likeness (QED) is 0.426. The zero-order chi connectivity index (χ0) is 22.5. The van der Waals surface area contributed by atoms with Gasteiger partial charge in [-0.1, -0.05) is 40.7 Å². The van der Waals surface area contributed by atoms with Crippen molar-refractivity contribution < 1.29 is 4.74 Å². The number of halogens is 1. The normalized spacial score (nSPS) is 21.2. The Bertz CT molecular complexity index is 682. The van der Waals surface area contributed by atoms with E-state index in [2.05, 4.69) is 67.9 Å². The van der Waals surface area contributed by atoms with Crippen LogP contribution in [-0.2, 0) is 4.74 Å². The Morgan fingerprint density at radius 2 is 1.69 bits per heavy atom. The molecule has 1 saturated carbocycles. The van der Waals surface area contributed by atoms with Gasteiger partial charge in [-0.25, -0.2) is 0 Å². The molecule has 0 aromatic heterocycles. The van der Waals surface area contributed by atoms with Crippen molar-refractivity contribution in [2.75, 3.05) is 63.2 Å². The number of nitrogens with one attached hydrogen (secondary N) is 1.